The zero-order chi connectivity index (χ0) is 26.7. The molecule has 0 saturated carbocycles. The van der Waals surface area contributed by atoms with Crippen molar-refractivity contribution < 1.29 is 32.3 Å². The van der Waals surface area contributed by atoms with Crippen LogP contribution in [0, 0.1) is 5.82 Å². The molecular weight excluding hydrogens is 496 g/mol. The van der Waals surface area contributed by atoms with Crippen LogP contribution in [0.2, 0.25) is 0 Å². The lowest BCUT2D eigenvalue weighted by Crippen LogP contribution is -2.19. The van der Waals surface area contributed by atoms with Crippen LogP contribution in [-0.4, -0.2) is 43.3 Å². The van der Waals surface area contributed by atoms with Gasteiger partial charge in [0.05, 0.1) is 34.4 Å². The van der Waals surface area contributed by atoms with Gasteiger partial charge in [-0.1, -0.05) is 30.3 Å². The predicted molar refractivity (Wildman–Crippen MR) is 125 cm³/mol. The summed E-state index contributed by atoms with van der Waals surface area (Å²) >= 11 is 0. The van der Waals surface area contributed by atoms with Gasteiger partial charge in [0.1, 0.15) is 12.4 Å². The van der Waals surface area contributed by atoms with Gasteiger partial charge in [-0.3, -0.25) is 19.6 Å². The van der Waals surface area contributed by atoms with E-state index in [-0.39, 0.29) is 29.1 Å². The molecule has 0 atom stereocenters. The first-order valence-electron chi connectivity index (χ1n) is 10.6. The topological polar surface area (TPSA) is 122 Å². The molecule has 4 aromatic rings. The summed E-state index contributed by atoms with van der Waals surface area (Å²) in [7, 11) is 1.51. The quantitative estimate of drug-likeness (QED) is 0.336. The number of nitrogens with zero attached hydrogens (tertiary/aromatic N) is 4. The number of nitrogens with one attached hydrogen (secondary N) is 2. The van der Waals surface area contributed by atoms with Gasteiger partial charge in [0.25, 0.3) is 11.8 Å². The fourth-order valence-corrected chi connectivity index (χ4v) is 3.46. The van der Waals surface area contributed by atoms with Crippen LogP contribution in [0.4, 0.5) is 29.2 Å². The maximum absolute atomic E-state index is 14.8. The molecule has 0 radical (unpaired) electrons. The first kappa shape index (κ1) is 25.4. The molecule has 2 aromatic heterocycles. The number of alkyl halides is 3. The van der Waals surface area contributed by atoms with Crippen molar-refractivity contribution in [1.82, 2.24) is 19.7 Å². The first-order chi connectivity index (χ1) is 17.6. The van der Waals surface area contributed by atoms with E-state index in [0.717, 1.165) is 12.3 Å². The highest BCUT2D eigenvalue weighted by Gasteiger charge is 2.36. The van der Waals surface area contributed by atoms with Crippen molar-refractivity contribution in [3.8, 4) is 22.5 Å². The van der Waals surface area contributed by atoms with E-state index in [2.05, 4.69) is 25.7 Å². The number of carbonyl (C=O) groups excluding carboxylic acids is 2. The Morgan fingerprint density at radius 3 is 2.43 bits per heavy atom. The Kier molecular flexibility index (Phi) is 6.98. The number of halogens is 4. The average molecular weight is 514 g/mol. The molecule has 0 unspecified atom stereocenters. The van der Waals surface area contributed by atoms with E-state index in [1.165, 1.54) is 24.0 Å². The molecule has 190 valence electrons. The Labute approximate surface area is 206 Å². The molecule has 2 amide bonds. The van der Waals surface area contributed by atoms with Crippen molar-refractivity contribution in [3.63, 3.8) is 0 Å². The van der Waals surface area contributed by atoms with Gasteiger partial charge >= 0.3 is 6.18 Å². The molecule has 2 heterocycles. The molecule has 0 aliphatic carbocycles. The zero-order valence-corrected chi connectivity index (χ0v) is 19.0. The maximum atomic E-state index is 14.8. The van der Waals surface area contributed by atoms with Gasteiger partial charge in [-0.05, 0) is 18.2 Å². The van der Waals surface area contributed by atoms with Gasteiger partial charge in [0.2, 0.25) is 5.95 Å². The monoisotopic (exact) mass is 514 g/mol. The Bertz CT molecular complexity index is 1470. The van der Waals surface area contributed by atoms with Crippen LogP contribution in [0.1, 0.15) is 15.9 Å². The summed E-state index contributed by atoms with van der Waals surface area (Å²) in [6.45, 7) is -0.811. The molecule has 0 aliphatic rings. The summed E-state index contributed by atoms with van der Waals surface area (Å²) in [6.07, 6.45) is -2.34. The van der Waals surface area contributed by atoms with E-state index < -0.39 is 47.1 Å². The maximum Gasteiger partial charge on any atom is 0.417 e. The Balaban J connectivity index is 1.76. The molecule has 0 saturated heterocycles. The zero-order valence-electron chi connectivity index (χ0n) is 19.0. The minimum absolute atomic E-state index is 0.00289. The van der Waals surface area contributed by atoms with Gasteiger partial charge in [-0.2, -0.15) is 18.3 Å². The molecule has 37 heavy (non-hydrogen) atoms. The van der Waals surface area contributed by atoms with Crippen LogP contribution < -0.4 is 10.6 Å². The molecule has 0 fully saturated rings. The van der Waals surface area contributed by atoms with Crippen LogP contribution in [0.25, 0.3) is 22.5 Å². The average Bonchev–Trinajstić information content (AvgIpc) is 3.30. The molecule has 0 aliphatic heterocycles. The lowest BCUT2D eigenvalue weighted by molar-refractivity contribution is -0.137. The summed E-state index contributed by atoms with van der Waals surface area (Å²) in [5.74, 6) is -3.39. The van der Waals surface area contributed by atoms with E-state index in [1.807, 2.05) is 0 Å². The Morgan fingerprint density at radius 2 is 1.81 bits per heavy atom. The van der Waals surface area contributed by atoms with Crippen molar-refractivity contribution in [2.24, 2.45) is 7.05 Å². The summed E-state index contributed by atoms with van der Waals surface area (Å²) in [5.41, 5.74) is -1.89. The number of hydrogen-bond donors (Lipinski definition) is 3. The second-order valence-corrected chi connectivity index (χ2v) is 7.73. The predicted octanol–water partition coefficient (Wildman–Crippen LogP) is 3.89. The van der Waals surface area contributed by atoms with Crippen molar-refractivity contribution in [2.75, 3.05) is 17.2 Å². The summed E-state index contributed by atoms with van der Waals surface area (Å²) in [5, 5.41) is 17.6. The Hall–Kier alpha value is -4.65. The lowest BCUT2D eigenvalue weighted by Gasteiger charge is -2.15. The minimum atomic E-state index is -4.90. The van der Waals surface area contributed by atoms with Gasteiger partial charge in [-0.25, -0.2) is 14.4 Å². The second-order valence-electron chi connectivity index (χ2n) is 7.73. The van der Waals surface area contributed by atoms with Crippen LogP contribution in [0.5, 0.6) is 0 Å². The highest BCUT2D eigenvalue weighted by Crippen LogP contribution is 2.38. The standard InChI is InChI=1S/C24H18F4N6O3/c1-34-8-7-18(33-34)14-9-15(17(25)10-16(14)24(26,27)28)22(37)30-19-11-29-23(31-20(36)12-35)32-21(19)13-5-3-2-4-6-13/h2-11,35H,12H2,1H3,(H,30,37)(H,29,31,32,36). The molecule has 4 rings (SSSR count). The number of amides is 2. The number of aromatic nitrogens is 4. The number of hydrogen-bond acceptors (Lipinski definition) is 6. The second kappa shape index (κ2) is 10.1. The lowest BCUT2D eigenvalue weighted by atomic mass is 9.99. The number of aliphatic hydroxyl groups excluding tert-OH is 1. The van der Waals surface area contributed by atoms with E-state index in [4.69, 9.17) is 5.11 Å². The number of carbonyl (C=O) groups is 2. The number of aryl methyl sites for hydroxylation is 1. The van der Waals surface area contributed by atoms with E-state index in [9.17, 15) is 27.2 Å². The van der Waals surface area contributed by atoms with Gasteiger partial charge in [0.15, 0.2) is 0 Å². The molecule has 2 aromatic carbocycles. The van der Waals surface area contributed by atoms with E-state index in [1.54, 1.807) is 30.3 Å². The number of anilines is 2. The normalized spacial score (nSPS) is 11.3. The third kappa shape index (κ3) is 5.62. The van der Waals surface area contributed by atoms with E-state index >= 15 is 0 Å². The van der Waals surface area contributed by atoms with Crippen LogP contribution in [0.3, 0.4) is 0 Å². The Morgan fingerprint density at radius 1 is 1.08 bits per heavy atom. The molecular formula is C24H18F4N6O3. The largest absolute Gasteiger partial charge is 0.417 e. The van der Waals surface area contributed by atoms with Gasteiger partial charge in [-0.15, -0.1) is 0 Å². The van der Waals surface area contributed by atoms with Crippen LogP contribution in [0.15, 0.2) is 60.9 Å². The van der Waals surface area contributed by atoms with Crippen molar-refractivity contribution in [2.45, 2.75) is 6.18 Å². The fraction of sp³-hybridized carbons (Fsp3) is 0.125. The fourth-order valence-electron chi connectivity index (χ4n) is 3.46. The third-order valence-electron chi connectivity index (χ3n) is 5.13. The molecule has 13 heteroatoms. The van der Waals surface area contributed by atoms with Crippen LogP contribution >= 0.6 is 0 Å². The summed E-state index contributed by atoms with van der Waals surface area (Å²) in [6, 6.07) is 10.7. The first-order valence-corrected chi connectivity index (χ1v) is 10.6. The smallest absolute Gasteiger partial charge is 0.387 e. The highest BCUT2D eigenvalue weighted by molar-refractivity contribution is 6.07. The van der Waals surface area contributed by atoms with Crippen molar-refractivity contribution in [1.29, 1.82) is 0 Å². The highest BCUT2D eigenvalue weighted by atomic mass is 19.4. The van der Waals surface area contributed by atoms with Crippen molar-refractivity contribution >= 4 is 23.5 Å². The third-order valence-corrected chi connectivity index (χ3v) is 5.13. The number of rotatable bonds is 6. The van der Waals surface area contributed by atoms with Crippen molar-refractivity contribution in [3.05, 3.63) is 77.9 Å². The molecule has 9 nitrogen and oxygen atoms in total. The molecule has 3 N–H and O–H groups in total. The SMILES string of the molecule is Cn1ccc(-c2cc(C(=O)Nc3cnc(NC(=O)CO)nc3-c3ccccc3)c(F)cc2C(F)(F)F)n1. The molecule has 0 bridgehead atoms. The summed E-state index contributed by atoms with van der Waals surface area (Å²) < 4.78 is 57.0. The summed E-state index contributed by atoms with van der Waals surface area (Å²) in [4.78, 5) is 32.7. The minimum Gasteiger partial charge on any atom is -0.387 e. The van der Waals surface area contributed by atoms with Crippen LogP contribution in [-0.2, 0) is 18.0 Å². The van der Waals surface area contributed by atoms with Gasteiger partial charge in [0, 0.05) is 24.4 Å². The number of benzene rings is 2. The van der Waals surface area contributed by atoms with E-state index in [0.29, 0.717) is 5.56 Å². The van der Waals surface area contributed by atoms with Gasteiger partial charge < -0.3 is 10.4 Å². The number of aliphatic hydroxyl groups is 1. The molecule has 0 spiro atoms.